The standard InChI is InChI=1S/C22H26N6O2S/c1-13-17(5-6-20(29)25-22-23-8-10-31-22)14(2)28-19(24-13)11-18(26-28)16-7-9-27(12-16)21(30)15-3-4-15/h8,10-11,15-16H,3-7,9,12H2,1-2H3,(H,23,25,29)/t16-/m0/s1. The van der Waals surface area contributed by atoms with Crippen LogP contribution in [0.2, 0.25) is 0 Å². The van der Waals surface area contributed by atoms with E-state index in [1.54, 1.807) is 6.20 Å². The number of rotatable bonds is 6. The summed E-state index contributed by atoms with van der Waals surface area (Å²) in [7, 11) is 0. The van der Waals surface area contributed by atoms with Gasteiger partial charge in [0.1, 0.15) is 0 Å². The van der Waals surface area contributed by atoms with E-state index >= 15 is 0 Å². The van der Waals surface area contributed by atoms with Gasteiger partial charge in [-0.25, -0.2) is 14.5 Å². The maximum absolute atomic E-state index is 12.4. The largest absolute Gasteiger partial charge is 0.342 e. The number of hydrogen-bond acceptors (Lipinski definition) is 6. The van der Waals surface area contributed by atoms with Gasteiger partial charge in [-0.15, -0.1) is 11.3 Å². The smallest absolute Gasteiger partial charge is 0.226 e. The summed E-state index contributed by atoms with van der Waals surface area (Å²) in [5.41, 5.74) is 4.82. The molecule has 0 unspecified atom stereocenters. The fourth-order valence-corrected chi connectivity index (χ4v) is 4.95. The van der Waals surface area contributed by atoms with Crippen molar-refractivity contribution in [1.82, 2.24) is 24.5 Å². The Morgan fingerprint density at radius 2 is 2.10 bits per heavy atom. The number of anilines is 1. The molecule has 1 saturated carbocycles. The molecule has 1 saturated heterocycles. The van der Waals surface area contributed by atoms with Gasteiger partial charge >= 0.3 is 0 Å². The normalized spacial score (nSPS) is 18.6. The molecule has 4 heterocycles. The van der Waals surface area contributed by atoms with E-state index in [9.17, 15) is 9.59 Å². The first-order valence-corrected chi connectivity index (χ1v) is 11.7. The first-order chi connectivity index (χ1) is 15.0. The van der Waals surface area contributed by atoms with Crippen LogP contribution in [0.15, 0.2) is 17.6 Å². The summed E-state index contributed by atoms with van der Waals surface area (Å²) >= 11 is 1.41. The lowest BCUT2D eigenvalue weighted by atomic mass is 10.1. The molecule has 1 atom stereocenters. The van der Waals surface area contributed by atoms with Crippen LogP contribution in [0.25, 0.3) is 5.65 Å². The van der Waals surface area contributed by atoms with Crippen LogP contribution in [0.1, 0.15) is 54.2 Å². The molecule has 2 aliphatic rings. The van der Waals surface area contributed by atoms with Crippen LogP contribution in [0, 0.1) is 19.8 Å². The van der Waals surface area contributed by atoms with Gasteiger partial charge in [-0.05, 0) is 45.1 Å². The molecule has 0 aromatic carbocycles. The fraction of sp³-hybridized carbons (Fsp3) is 0.500. The lowest BCUT2D eigenvalue weighted by Crippen LogP contribution is -2.29. The summed E-state index contributed by atoms with van der Waals surface area (Å²) < 4.78 is 1.89. The second-order valence-electron chi connectivity index (χ2n) is 8.53. The molecule has 3 aromatic heterocycles. The summed E-state index contributed by atoms with van der Waals surface area (Å²) in [5.74, 6) is 0.787. The molecular formula is C22H26N6O2S. The second kappa shape index (κ2) is 8.03. The topological polar surface area (TPSA) is 92.5 Å². The Morgan fingerprint density at radius 3 is 2.84 bits per heavy atom. The lowest BCUT2D eigenvalue weighted by molar-refractivity contribution is -0.131. The number of thiazole rings is 1. The molecule has 8 nitrogen and oxygen atoms in total. The number of fused-ring (bicyclic) bond motifs is 1. The zero-order valence-electron chi connectivity index (χ0n) is 17.8. The minimum Gasteiger partial charge on any atom is -0.342 e. The van der Waals surface area contributed by atoms with Gasteiger partial charge in [-0.1, -0.05) is 0 Å². The molecule has 9 heteroatoms. The number of aromatic nitrogens is 4. The monoisotopic (exact) mass is 438 g/mol. The number of carbonyl (C=O) groups excluding carboxylic acids is 2. The number of carbonyl (C=O) groups is 2. The summed E-state index contributed by atoms with van der Waals surface area (Å²) in [6, 6.07) is 2.05. The molecule has 3 aromatic rings. The van der Waals surface area contributed by atoms with Crippen molar-refractivity contribution in [3.05, 3.63) is 40.3 Å². The van der Waals surface area contributed by atoms with Gasteiger partial charge in [-0.2, -0.15) is 5.10 Å². The third-order valence-corrected chi connectivity index (χ3v) is 7.00. The van der Waals surface area contributed by atoms with E-state index in [0.717, 1.165) is 60.6 Å². The van der Waals surface area contributed by atoms with Crippen molar-refractivity contribution in [2.24, 2.45) is 5.92 Å². The van der Waals surface area contributed by atoms with Crippen LogP contribution < -0.4 is 5.32 Å². The Labute approximate surface area is 184 Å². The first-order valence-electron chi connectivity index (χ1n) is 10.8. The van der Waals surface area contributed by atoms with Crippen molar-refractivity contribution in [2.75, 3.05) is 18.4 Å². The molecule has 1 aliphatic heterocycles. The van der Waals surface area contributed by atoms with Crippen LogP contribution in [0.5, 0.6) is 0 Å². The highest BCUT2D eigenvalue weighted by molar-refractivity contribution is 7.13. The van der Waals surface area contributed by atoms with Crippen molar-refractivity contribution in [3.63, 3.8) is 0 Å². The van der Waals surface area contributed by atoms with E-state index in [-0.39, 0.29) is 17.7 Å². The maximum atomic E-state index is 12.4. The van der Waals surface area contributed by atoms with E-state index < -0.39 is 0 Å². The number of nitrogens with one attached hydrogen (secondary N) is 1. The minimum absolute atomic E-state index is 0.0543. The molecule has 31 heavy (non-hydrogen) atoms. The minimum atomic E-state index is -0.0543. The Kier molecular flexibility index (Phi) is 5.21. The summed E-state index contributed by atoms with van der Waals surface area (Å²) in [5, 5.41) is 10.1. The molecule has 0 bridgehead atoms. The van der Waals surface area contributed by atoms with E-state index in [4.69, 9.17) is 10.1 Å². The quantitative estimate of drug-likeness (QED) is 0.638. The highest BCUT2D eigenvalue weighted by Crippen LogP contribution is 2.35. The van der Waals surface area contributed by atoms with E-state index in [1.807, 2.05) is 28.6 Å². The molecular weight excluding hydrogens is 412 g/mol. The molecule has 1 N–H and O–H groups in total. The van der Waals surface area contributed by atoms with Crippen molar-refractivity contribution < 1.29 is 9.59 Å². The summed E-state index contributed by atoms with van der Waals surface area (Å²) in [6.45, 7) is 5.59. The van der Waals surface area contributed by atoms with Gasteiger partial charge in [0.05, 0.1) is 5.69 Å². The maximum Gasteiger partial charge on any atom is 0.226 e. The van der Waals surface area contributed by atoms with Gasteiger partial charge in [-0.3, -0.25) is 9.59 Å². The highest BCUT2D eigenvalue weighted by Gasteiger charge is 2.37. The van der Waals surface area contributed by atoms with Crippen LogP contribution >= 0.6 is 11.3 Å². The second-order valence-corrected chi connectivity index (χ2v) is 9.42. The number of likely N-dealkylation sites (tertiary alicyclic amines) is 1. The zero-order valence-corrected chi connectivity index (χ0v) is 18.6. The van der Waals surface area contributed by atoms with Crippen LogP contribution in [-0.2, 0) is 16.0 Å². The fourth-order valence-electron chi connectivity index (χ4n) is 4.40. The third kappa shape index (κ3) is 4.06. The lowest BCUT2D eigenvalue weighted by Gasteiger charge is -2.15. The number of aryl methyl sites for hydroxylation is 2. The van der Waals surface area contributed by atoms with Crippen molar-refractivity contribution in [2.45, 2.75) is 51.9 Å². The van der Waals surface area contributed by atoms with Crippen LogP contribution in [0.3, 0.4) is 0 Å². The molecule has 1 aliphatic carbocycles. The summed E-state index contributed by atoms with van der Waals surface area (Å²) in [6.07, 6.45) is 5.67. The van der Waals surface area contributed by atoms with Gasteiger partial charge in [0.25, 0.3) is 0 Å². The predicted octanol–water partition coefficient (Wildman–Crippen LogP) is 3.10. The Hall–Kier alpha value is -2.81. The van der Waals surface area contributed by atoms with Crippen LogP contribution in [-0.4, -0.2) is 49.4 Å². The average molecular weight is 439 g/mol. The van der Waals surface area contributed by atoms with Crippen molar-refractivity contribution in [3.8, 4) is 0 Å². The number of nitrogens with zero attached hydrogens (tertiary/aromatic N) is 5. The Balaban J connectivity index is 1.31. The average Bonchev–Trinajstić information content (AvgIpc) is 3.12. The van der Waals surface area contributed by atoms with Gasteiger partial charge < -0.3 is 10.2 Å². The van der Waals surface area contributed by atoms with E-state index in [2.05, 4.69) is 16.4 Å². The molecule has 2 amide bonds. The predicted molar refractivity (Wildman–Crippen MR) is 118 cm³/mol. The SMILES string of the molecule is Cc1nc2cc([C@H]3CCN(C(=O)C4CC4)C3)nn2c(C)c1CCC(=O)Nc1nccs1. The van der Waals surface area contributed by atoms with E-state index in [1.165, 1.54) is 11.3 Å². The molecule has 2 fully saturated rings. The molecule has 0 radical (unpaired) electrons. The molecule has 5 rings (SSSR count). The van der Waals surface area contributed by atoms with Gasteiger partial charge in [0, 0.05) is 60.4 Å². The number of hydrogen-bond donors (Lipinski definition) is 1. The van der Waals surface area contributed by atoms with E-state index in [0.29, 0.717) is 23.9 Å². The highest BCUT2D eigenvalue weighted by atomic mass is 32.1. The van der Waals surface area contributed by atoms with Gasteiger partial charge in [0.15, 0.2) is 10.8 Å². The Bertz CT molecular complexity index is 1130. The van der Waals surface area contributed by atoms with Crippen molar-refractivity contribution >= 4 is 33.9 Å². The molecule has 162 valence electrons. The zero-order chi connectivity index (χ0) is 21.5. The van der Waals surface area contributed by atoms with Gasteiger partial charge in [0.2, 0.25) is 11.8 Å². The Morgan fingerprint density at radius 1 is 1.26 bits per heavy atom. The summed E-state index contributed by atoms with van der Waals surface area (Å²) in [4.78, 5) is 35.5. The first kappa shape index (κ1) is 20.1. The van der Waals surface area contributed by atoms with Crippen molar-refractivity contribution in [1.29, 1.82) is 0 Å². The molecule has 0 spiro atoms. The number of amides is 2. The van der Waals surface area contributed by atoms with Crippen LogP contribution in [0.4, 0.5) is 5.13 Å². The third-order valence-electron chi connectivity index (χ3n) is 6.31.